The van der Waals surface area contributed by atoms with Gasteiger partial charge in [0.1, 0.15) is 0 Å². The number of aliphatic hydroxyl groups is 1. The monoisotopic (exact) mass is 335 g/mol. The Bertz CT molecular complexity index is 585. The van der Waals surface area contributed by atoms with E-state index in [0.29, 0.717) is 23.8 Å². The molecular weight excluding hydrogens is 314 g/mol. The number of carbonyl (C=O) groups excluding carboxylic acids is 1. The zero-order valence-electron chi connectivity index (χ0n) is 13.3. The van der Waals surface area contributed by atoms with Gasteiger partial charge in [-0.1, -0.05) is 17.7 Å². The van der Waals surface area contributed by atoms with Crippen LogP contribution in [0.1, 0.15) is 19.8 Å². The summed E-state index contributed by atoms with van der Waals surface area (Å²) in [5.41, 5.74) is 0.712. The summed E-state index contributed by atoms with van der Waals surface area (Å²) < 4.78 is 0. The van der Waals surface area contributed by atoms with Crippen molar-refractivity contribution in [1.82, 2.24) is 4.90 Å². The fourth-order valence-corrected chi connectivity index (χ4v) is 3.06. The number of hydrogen-bond donors (Lipinski definition) is 1. The Morgan fingerprint density at radius 2 is 2.39 bits per heavy atom. The van der Waals surface area contributed by atoms with Crippen molar-refractivity contribution in [1.29, 1.82) is 5.26 Å². The molecule has 2 rings (SSSR count). The van der Waals surface area contributed by atoms with Crippen molar-refractivity contribution in [3.63, 3.8) is 0 Å². The standard InChI is InChI=1S/C17H22ClN3O2/c1-13(22)14-6-9-20(11-14)12-17(23)21(8-3-7-19)16-5-2-4-15(18)10-16/h2,4-5,10,13-14,22H,3,6,8-9,11-12H2,1H3. The lowest BCUT2D eigenvalue weighted by Crippen LogP contribution is -2.40. The van der Waals surface area contributed by atoms with Crippen LogP contribution in [-0.4, -0.2) is 48.2 Å². The molecule has 1 saturated heterocycles. The predicted octanol–water partition coefficient (Wildman–Crippen LogP) is 2.29. The largest absolute Gasteiger partial charge is 0.393 e. The fourth-order valence-electron chi connectivity index (χ4n) is 2.88. The minimum Gasteiger partial charge on any atom is -0.393 e. The molecule has 124 valence electrons. The number of likely N-dealkylation sites (tertiary alicyclic amines) is 1. The van der Waals surface area contributed by atoms with Crippen LogP contribution in [0.3, 0.4) is 0 Å². The van der Waals surface area contributed by atoms with E-state index in [4.69, 9.17) is 16.9 Å². The van der Waals surface area contributed by atoms with E-state index in [-0.39, 0.29) is 24.3 Å². The third kappa shape index (κ3) is 4.93. The average Bonchev–Trinajstić information content (AvgIpc) is 2.96. The van der Waals surface area contributed by atoms with Crippen molar-refractivity contribution in [3.05, 3.63) is 29.3 Å². The smallest absolute Gasteiger partial charge is 0.241 e. The molecule has 23 heavy (non-hydrogen) atoms. The maximum atomic E-state index is 12.7. The average molecular weight is 336 g/mol. The van der Waals surface area contributed by atoms with Gasteiger partial charge in [-0.15, -0.1) is 0 Å². The molecule has 0 radical (unpaired) electrons. The summed E-state index contributed by atoms with van der Waals surface area (Å²) >= 11 is 6.01. The Morgan fingerprint density at radius 1 is 1.61 bits per heavy atom. The minimum absolute atomic E-state index is 0.0474. The predicted molar refractivity (Wildman–Crippen MR) is 90.3 cm³/mol. The van der Waals surface area contributed by atoms with E-state index in [1.165, 1.54) is 0 Å². The lowest BCUT2D eigenvalue weighted by atomic mass is 10.0. The first kappa shape index (κ1) is 17.7. The molecule has 2 atom stereocenters. The van der Waals surface area contributed by atoms with Crippen LogP contribution in [0.25, 0.3) is 0 Å². The highest BCUT2D eigenvalue weighted by atomic mass is 35.5. The number of halogens is 1. The molecule has 1 heterocycles. The van der Waals surface area contributed by atoms with Gasteiger partial charge in [-0.05, 0) is 44.0 Å². The van der Waals surface area contributed by atoms with E-state index in [1.54, 1.807) is 30.0 Å². The summed E-state index contributed by atoms with van der Waals surface area (Å²) in [5.74, 6) is 0.176. The van der Waals surface area contributed by atoms with Crippen LogP contribution in [-0.2, 0) is 4.79 Å². The summed E-state index contributed by atoms with van der Waals surface area (Å²) in [6.07, 6.45) is 0.826. The van der Waals surface area contributed by atoms with Gasteiger partial charge in [0.2, 0.25) is 5.91 Å². The minimum atomic E-state index is -0.349. The van der Waals surface area contributed by atoms with Crippen LogP contribution in [0.15, 0.2) is 24.3 Å². The number of aliphatic hydroxyl groups excluding tert-OH is 1. The molecule has 1 fully saturated rings. The molecule has 1 aliphatic heterocycles. The molecule has 1 N–H and O–H groups in total. The number of anilines is 1. The third-order valence-corrected chi connectivity index (χ3v) is 4.45. The van der Waals surface area contributed by atoms with Crippen LogP contribution in [0.4, 0.5) is 5.69 Å². The number of amides is 1. The fraction of sp³-hybridized carbons (Fsp3) is 0.529. The Morgan fingerprint density at radius 3 is 3.00 bits per heavy atom. The molecule has 6 heteroatoms. The summed E-state index contributed by atoms with van der Waals surface area (Å²) in [7, 11) is 0. The Kier molecular flexibility index (Phi) is 6.40. The van der Waals surface area contributed by atoms with Gasteiger partial charge in [0.05, 0.1) is 25.1 Å². The van der Waals surface area contributed by atoms with E-state index >= 15 is 0 Å². The summed E-state index contributed by atoms with van der Waals surface area (Å²) in [6.45, 7) is 3.97. The second-order valence-corrected chi connectivity index (χ2v) is 6.39. The molecule has 0 bridgehead atoms. The van der Waals surface area contributed by atoms with Crippen molar-refractivity contribution in [2.75, 3.05) is 31.1 Å². The molecular formula is C17H22ClN3O2. The zero-order chi connectivity index (χ0) is 16.8. The molecule has 1 aromatic carbocycles. The number of rotatable bonds is 6. The number of carbonyl (C=O) groups is 1. The quantitative estimate of drug-likeness (QED) is 0.866. The summed E-state index contributed by atoms with van der Waals surface area (Å²) in [4.78, 5) is 16.3. The Labute approximate surface area is 142 Å². The normalized spacial score (nSPS) is 19.3. The second kappa shape index (κ2) is 8.30. The van der Waals surface area contributed by atoms with Gasteiger partial charge in [-0.2, -0.15) is 5.26 Å². The highest BCUT2D eigenvalue weighted by Crippen LogP contribution is 2.22. The Balaban J connectivity index is 2.04. The van der Waals surface area contributed by atoms with Gasteiger partial charge < -0.3 is 10.0 Å². The van der Waals surface area contributed by atoms with Gasteiger partial charge in [0, 0.05) is 23.8 Å². The van der Waals surface area contributed by atoms with Crippen molar-refractivity contribution in [2.24, 2.45) is 5.92 Å². The Hall–Kier alpha value is -1.61. The van der Waals surface area contributed by atoms with Crippen LogP contribution in [0, 0.1) is 17.2 Å². The second-order valence-electron chi connectivity index (χ2n) is 5.96. The molecule has 0 aliphatic carbocycles. The first-order valence-electron chi connectivity index (χ1n) is 7.84. The maximum Gasteiger partial charge on any atom is 0.241 e. The van der Waals surface area contributed by atoms with Gasteiger partial charge >= 0.3 is 0 Å². The van der Waals surface area contributed by atoms with Crippen molar-refractivity contribution >= 4 is 23.2 Å². The van der Waals surface area contributed by atoms with Crippen molar-refractivity contribution in [3.8, 4) is 6.07 Å². The topological polar surface area (TPSA) is 67.6 Å². The van der Waals surface area contributed by atoms with E-state index in [0.717, 1.165) is 19.5 Å². The molecule has 2 unspecified atom stereocenters. The molecule has 0 aromatic heterocycles. The molecule has 1 amide bonds. The van der Waals surface area contributed by atoms with Crippen LogP contribution in [0.5, 0.6) is 0 Å². The molecule has 0 saturated carbocycles. The molecule has 5 nitrogen and oxygen atoms in total. The lowest BCUT2D eigenvalue weighted by molar-refractivity contribution is -0.119. The van der Waals surface area contributed by atoms with E-state index < -0.39 is 0 Å². The summed E-state index contributed by atoms with van der Waals surface area (Å²) in [5, 5.41) is 19.1. The van der Waals surface area contributed by atoms with E-state index in [9.17, 15) is 9.90 Å². The third-order valence-electron chi connectivity index (χ3n) is 4.22. The number of benzene rings is 1. The SMILES string of the molecule is CC(O)C1CCN(CC(=O)N(CCC#N)c2cccc(Cl)c2)C1. The zero-order valence-corrected chi connectivity index (χ0v) is 14.0. The highest BCUT2D eigenvalue weighted by molar-refractivity contribution is 6.30. The van der Waals surface area contributed by atoms with Crippen molar-refractivity contribution in [2.45, 2.75) is 25.9 Å². The first-order chi connectivity index (χ1) is 11.0. The van der Waals surface area contributed by atoms with E-state index in [1.807, 2.05) is 6.07 Å². The molecule has 1 aromatic rings. The first-order valence-corrected chi connectivity index (χ1v) is 8.22. The number of nitrogens with zero attached hydrogens (tertiary/aromatic N) is 3. The molecule has 0 spiro atoms. The van der Waals surface area contributed by atoms with Gasteiger partial charge in [0.15, 0.2) is 0 Å². The van der Waals surface area contributed by atoms with Crippen LogP contribution in [0.2, 0.25) is 5.02 Å². The van der Waals surface area contributed by atoms with Gasteiger partial charge in [0.25, 0.3) is 0 Å². The van der Waals surface area contributed by atoms with Crippen molar-refractivity contribution < 1.29 is 9.90 Å². The highest BCUT2D eigenvalue weighted by Gasteiger charge is 2.28. The number of nitriles is 1. The molecule has 1 aliphatic rings. The van der Waals surface area contributed by atoms with Crippen LogP contribution >= 0.6 is 11.6 Å². The van der Waals surface area contributed by atoms with Crippen LogP contribution < -0.4 is 4.90 Å². The number of hydrogen-bond acceptors (Lipinski definition) is 4. The maximum absolute atomic E-state index is 12.7. The summed E-state index contributed by atoms with van der Waals surface area (Å²) in [6, 6.07) is 9.19. The van der Waals surface area contributed by atoms with Gasteiger partial charge in [-0.25, -0.2) is 0 Å². The van der Waals surface area contributed by atoms with Gasteiger partial charge in [-0.3, -0.25) is 9.69 Å². The van der Waals surface area contributed by atoms with E-state index in [2.05, 4.69) is 11.0 Å². The lowest BCUT2D eigenvalue weighted by Gasteiger charge is -2.25.